The molecule has 1 aliphatic heterocycles. The molecule has 2 aromatic heterocycles. The molecule has 182 valence electrons. The minimum atomic E-state index is -0.0988. The summed E-state index contributed by atoms with van der Waals surface area (Å²) in [6.45, 7) is 10.5. The van der Waals surface area contributed by atoms with Crippen LogP contribution in [0.1, 0.15) is 19.4 Å². The van der Waals surface area contributed by atoms with Crippen molar-refractivity contribution in [3.63, 3.8) is 0 Å². The number of nitrogens with zero attached hydrogens (tertiary/aromatic N) is 3. The van der Waals surface area contributed by atoms with Crippen molar-refractivity contribution < 1.29 is 9.47 Å². The summed E-state index contributed by atoms with van der Waals surface area (Å²) in [5, 5.41) is 2.00. The molecule has 0 spiro atoms. The van der Waals surface area contributed by atoms with Crippen LogP contribution in [0.15, 0.2) is 52.6 Å². The summed E-state index contributed by atoms with van der Waals surface area (Å²) in [6.07, 6.45) is 0. The molecule has 0 bridgehead atoms. The largest absolute Gasteiger partial charge is 0.490 e. The number of H-pyrrole nitrogens is 1. The smallest absolute Gasteiger partial charge is 0.270 e. The lowest BCUT2D eigenvalue weighted by Crippen LogP contribution is -2.47. The molecule has 7 nitrogen and oxygen atoms in total. The van der Waals surface area contributed by atoms with E-state index in [1.807, 2.05) is 37.4 Å². The number of aryl methyl sites for hydroxylation is 1. The molecule has 0 atom stereocenters. The van der Waals surface area contributed by atoms with Crippen LogP contribution in [0.4, 0.5) is 11.6 Å². The van der Waals surface area contributed by atoms with Gasteiger partial charge in [-0.3, -0.25) is 9.78 Å². The maximum atomic E-state index is 13.0. The van der Waals surface area contributed by atoms with Crippen LogP contribution in [0.3, 0.4) is 0 Å². The lowest BCUT2D eigenvalue weighted by Gasteiger charge is -2.36. The van der Waals surface area contributed by atoms with E-state index in [4.69, 9.17) is 14.5 Å². The highest BCUT2D eigenvalue weighted by atomic mass is 32.1. The number of benzene rings is 2. The Bertz CT molecular complexity index is 1390. The van der Waals surface area contributed by atoms with Crippen LogP contribution >= 0.6 is 11.3 Å². The monoisotopic (exact) mass is 490 g/mol. The van der Waals surface area contributed by atoms with Gasteiger partial charge >= 0.3 is 0 Å². The van der Waals surface area contributed by atoms with Gasteiger partial charge in [0.1, 0.15) is 4.70 Å². The molecule has 1 saturated heterocycles. The van der Waals surface area contributed by atoms with Gasteiger partial charge in [-0.2, -0.15) is 0 Å². The number of aromatic amines is 1. The number of fused-ring (bicyclic) bond motifs is 1. The first-order valence-electron chi connectivity index (χ1n) is 12.1. The fourth-order valence-corrected chi connectivity index (χ4v) is 5.40. The zero-order valence-corrected chi connectivity index (χ0v) is 21.2. The second-order valence-corrected chi connectivity index (χ2v) is 9.44. The van der Waals surface area contributed by atoms with Gasteiger partial charge in [-0.1, -0.05) is 18.2 Å². The van der Waals surface area contributed by atoms with Gasteiger partial charge in [0.15, 0.2) is 11.5 Å². The van der Waals surface area contributed by atoms with E-state index in [-0.39, 0.29) is 5.56 Å². The molecule has 2 aromatic carbocycles. The molecular weight excluding hydrogens is 460 g/mol. The average Bonchev–Trinajstić information content (AvgIpc) is 3.30. The number of nitrogens with one attached hydrogen (secondary N) is 1. The van der Waals surface area contributed by atoms with Gasteiger partial charge in [0, 0.05) is 42.8 Å². The number of rotatable bonds is 7. The molecule has 1 fully saturated rings. The fraction of sp³-hybridized carbons (Fsp3) is 0.333. The molecule has 0 saturated carbocycles. The first-order valence-corrected chi connectivity index (χ1v) is 12.9. The number of aromatic nitrogens is 2. The maximum Gasteiger partial charge on any atom is 0.270 e. The quantitative estimate of drug-likeness (QED) is 0.389. The fourth-order valence-electron chi connectivity index (χ4n) is 4.49. The van der Waals surface area contributed by atoms with Crippen molar-refractivity contribution in [3.8, 4) is 22.6 Å². The predicted octanol–water partition coefficient (Wildman–Crippen LogP) is 5.08. The molecule has 0 amide bonds. The Hall–Kier alpha value is -3.52. The van der Waals surface area contributed by atoms with Crippen LogP contribution in [-0.4, -0.2) is 49.4 Å². The molecule has 8 heteroatoms. The number of ether oxygens (including phenoxy) is 2. The van der Waals surface area contributed by atoms with Gasteiger partial charge in [0.2, 0.25) is 5.95 Å². The minimum absolute atomic E-state index is 0.0988. The van der Waals surface area contributed by atoms with Gasteiger partial charge in [-0.05, 0) is 56.2 Å². The summed E-state index contributed by atoms with van der Waals surface area (Å²) in [4.78, 5) is 25.4. The Morgan fingerprint density at radius 1 is 0.971 bits per heavy atom. The molecule has 1 aliphatic rings. The van der Waals surface area contributed by atoms with Gasteiger partial charge < -0.3 is 19.3 Å². The summed E-state index contributed by atoms with van der Waals surface area (Å²) in [5.41, 5.74) is 5.01. The second kappa shape index (κ2) is 10.00. The molecular formula is C27H30N4O3S. The maximum absolute atomic E-state index is 13.0. The van der Waals surface area contributed by atoms with Crippen molar-refractivity contribution in [2.45, 2.75) is 20.8 Å². The number of hydrogen-bond acceptors (Lipinski definition) is 7. The number of anilines is 2. The summed E-state index contributed by atoms with van der Waals surface area (Å²) in [7, 11) is 0. The summed E-state index contributed by atoms with van der Waals surface area (Å²) >= 11 is 1.42. The van der Waals surface area contributed by atoms with Crippen LogP contribution in [0, 0.1) is 6.92 Å². The van der Waals surface area contributed by atoms with Gasteiger partial charge in [-0.25, -0.2) is 4.98 Å². The van der Waals surface area contributed by atoms with E-state index >= 15 is 0 Å². The van der Waals surface area contributed by atoms with Crippen molar-refractivity contribution in [1.29, 1.82) is 0 Å². The van der Waals surface area contributed by atoms with Crippen LogP contribution in [-0.2, 0) is 0 Å². The average molecular weight is 491 g/mol. The highest BCUT2D eigenvalue weighted by Crippen LogP contribution is 2.37. The third-order valence-electron chi connectivity index (χ3n) is 6.21. The van der Waals surface area contributed by atoms with E-state index in [2.05, 4.69) is 46.0 Å². The van der Waals surface area contributed by atoms with Crippen molar-refractivity contribution >= 4 is 33.2 Å². The lowest BCUT2D eigenvalue weighted by molar-refractivity contribution is 0.288. The Balaban J connectivity index is 1.44. The Kier molecular flexibility index (Phi) is 6.63. The van der Waals surface area contributed by atoms with E-state index in [9.17, 15) is 4.79 Å². The molecule has 0 aliphatic carbocycles. The zero-order chi connectivity index (χ0) is 24.4. The number of thiophene rings is 1. The molecule has 0 radical (unpaired) electrons. The van der Waals surface area contributed by atoms with Gasteiger partial charge in [0.05, 0.1) is 18.7 Å². The summed E-state index contributed by atoms with van der Waals surface area (Å²) in [6, 6.07) is 14.5. The van der Waals surface area contributed by atoms with E-state index in [0.29, 0.717) is 29.6 Å². The molecule has 1 N–H and O–H groups in total. The highest BCUT2D eigenvalue weighted by Gasteiger charge is 2.21. The predicted molar refractivity (Wildman–Crippen MR) is 144 cm³/mol. The highest BCUT2D eigenvalue weighted by molar-refractivity contribution is 7.17. The van der Waals surface area contributed by atoms with Crippen molar-refractivity contribution in [3.05, 3.63) is 63.8 Å². The first-order chi connectivity index (χ1) is 17.1. The summed E-state index contributed by atoms with van der Waals surface area (Å²) < 4.78 is 12.2. The Morgan fingerprint density at radius 3 is 2.46 bits per heavy atom. The third kappa shape index (κ3) is 4.71. The molecule has 4 aromatic rings. The van der Waals surface area contributed by atoms with E-state index in [1.165, 1.54) is 22.6 Å². The standard InChI is InChI=1S/C27H30N4O3S/c1-4-33-22-10-9-19(16-23(22)34-5-2)21-17-35-25-24(21)28-27(29-26(25)32)31-13-11-30(12-14-31)20-8-6-7-18(3)15-20/h6-10,15-17H,4-5,11-14H2,1-3H3,(H,28,29,32). The third-order valence-corrected chi connectivity index (χ3v) is 7.18. The zero-order valence-electron chi connectivity index (χ0n) is 20.3. The SMILES string of the molecule is CCOc1ccc(-c2csc3c(=O)[nH]c(N4CCN(c5cccc(C)c5)CC4)nc23)cc1OCC. The molecule has 3 heterocycles. The van der Waals surface area contributed by atoms with E-state index in [1.54, 1.807) is 0 Å². The van der Waals surface area contributed by atoms with Crippen LogP contribution in [0.5, 0.6) is 11.5 Å². The van der Waals surface area contributed by atoms with Crippen molar-refractivity contribution in [2.75, 3.05) is 49.2 Å². The van der Waals surface area contributed by atoms with Crippen LogP contribution in [0.25, 0.3) is 21.3 Å². The van der Waals surface area contributed by atoms with Crippen molar-refractivity contribution in [1.82, 2.24) is 9.97 Å². The lowest BCUT2D eigenvalue weighted by atomic mass is 10.1. The topological polar surface area (TPSA) is 70.7 Å². The van der Waals surface area contributed by atoms with Crippen molar-refractivity contribution in [2.24, 2.45) is 0 Å². The number of piperazine rings is 1. The molecule has 5 rings (SSSR count). The van der Waals surface area contributed by atoms with Gasteiger partial charge in [0.25, 0.3) is 5.56 Å². The Labute approximate surface area is 208 Å². The second-order valence-electron chi connectivity index (χ2n) is 8.56. The minimum Gasteiger partial charge on any atom is -0.490 e. The van der Waals surface area contributed by atoms with E-state index in [0.717, 1.165) is 48.6 Å². The van der Waals surface area contributed by atoms with Gasteiger partial charge in [-0.15, -0.1) is 11.3 Å². The summed E-state index contributed by atoms with van der Waals surface area (Å²) in [5.74, 6) is 2.04. The molecule has 0 unspecified atom stereocenters. The van der Waals surface area contributed by atoms with Crippen LogP contribution < -0.4 is 24.8 Å². The molecule has 35 heavy (non-hydrogen) atoms. The number of hydrogen-bond donors (Lipinski definition) is 1. The first kappa shape index (κ1) is 23.2. The van der Waals surface area contributed by atoms with E-state index < -0.39 is 0 Å². The normalized spacial score (nSPS) is 13.9. The van der Waals surface area contributed by atoms with Crippen LogP contribution in [0.2, 0.25) is 0 Å². The Morgan fingerprint density at radius 2 is 1.71 bits per heavy atom.